The summed E-state index contributed by atoms with van der Waals surface area (Å²) in [6, 6.07) is 0. The maximum Gasteiger partial charge on any atom is 0.187 e. The summed E-state index contributed by atoms with van der Waals surface area (Å²) in [6.45, 7) is 9.79. The van der Waals surface area contributed by atoms with E-state index in [1.54, 1.807) is 0 Å². The standard InChI is InChI=1S/C38H62O12/c1-18-7-12-38(46-16-18)19(2)28-26(50-38)14-24-22-6-5-20-13-21(8-10-36(20,3)23(22)9-11-37(24,28)4)47-35-33(31(43)30(42)27(15-39)48-35)49-34-32(44)29(41)25(40)17-45-34/h18-35,39-44H,5-17H2,1-4H3/t18-,19+,20-,21+,22+,23-,24-,25-,26+,27+,28+,29-,30+,31+,32-,33-,34-,35-,36+,37+,38+/m0/s1. The van der Waals surface area contributed by atoms with Gasteiger partial charge in [0.2, 0.25) is 0 Å². The minimum Gasteiger partial charge on any atom is -0.394 e. The minimum atomic E-state index is -1.58. The monoisotopic (exact) mass is 710 g/mol. The van der Waals surface area contributed by atoms with E-state index in [4.69, 9.17) is 28.4 Å². The molecule has 0 aromatic heterocycles. The van der Waals surface area contributed by atoms with Crippen LogP contribution in [0.25, 0.3) is 0 Å². The van der Waals surface area contributed by atoms with Crippen LogP contribution in [-0.4, -0.2) is 124 Å². The van der Waals surface area contributed by atoms with Crippen LogP contribution in [0.15, 0.2) is 0 Å². The van der Waals surface area contributed by atoms with Crippen molar-refractivity contribution in [1.29, 1.82) is 0 Å². The molecular weight excluding hydrogens is 648 g/mol. The molecule has 0 aromatic rings. The van der Waals surface area contributed by atoms with Gasteiger partial charge in [0.15, 0.2) is 18.4 Å². The third-order valence-corrected chi connectivity index (χ3v) is 15.8. The van der Waals surface area contributed by atoms with E-state index >= 15 is 0 Å². The quantitative estimate of drug-likeness (QED) is 0.230. The van der Waals surface area contributed by atoms with Gasteiger partial charge in [0.25, 0.3) is 0 Å². The van der Waals surface area contributed by atoms with Crippen LogP contribution >= 0.6 is 0 Å². The van der Waals surface area contributed by atoms with Crippen LogP contribution in [0.1, 0.15) is 91.9 Å². The molecule has 12 nitrogen and oxygen atoms in total. The topological polar surface area (TPSA) is 177 Å². The minimum absolute atomic E-state index is 0.185. The Balaban J connectivity index is 0.939. The fourth-order valence-corrected chi connectivity index (χ4v) is 12.9. The zero-order valence-electron chi connectivity index (χ0n) is 30.2. The molecule has 0 radical (unpaired) electrons. The van der Waals surface area contributed by atoms with Crippen molar-refractivity contribution < 1.29 is 59.1 Å². The number of hydrogen-bond acceptors (Lipinski definition) is 12. The van der Waals surface area contributed by atoms with Crippen molar-refractivity contribution in [3.63, 3.8) is 0 Å². The van der Waals surface area contributed by atoms with Crippen LogP contribution in [0.5, 0.6) is 0 Å². The van der Waals surface area contributed by atoms with Crippen LogP contribution in [0.2, 0.25) is 0 Å². The molecule has 8 fully saturated rings. The zero-order chi connectivity index (χ0) is 35.3. The second kappa shape index (κ2) is 13.4. The second-order valence-corrected chi connectivity index (χ2v) is 18.3. The Morgan fingerprint density at radius 3 is 2.26 bits per heavy atom. The maximum atomic E-state index is 11.1. The van der Waals surface area contributed by atoms with Gasteiger partial charge in [-0.3, -0.25) is 0 Å². The molecule has 286 valence electrons. The molecule has 4 aliphatic heterocycles. The molecule has 50 heavy (non-hydrogen) atoms. The van der Waals surface area contributed by atoms with Crippen molar-refractivity contribution in [2.24, 2.45) is 52.3 Å². The first-order valence-electron chi connectivity index (χ1n) is 19.7. The Morgan fingerprint density at radius 1 is 0.740 bits per heavy atom. The van der Waals surface area contributed by atoms with E-state index in [0.717, 1.165) is 45.1 Å². The van der Waals surface area contributed by atoms with Crippen LogP contribution < -0.4 is 0 Å². The summed E-state index contributed by atoms with van der Waals surface area (Å²) < 4.78 is 37.4. The molecule has 0 unspecified atom stereocenters. The van der Waals surface area contributed by atoms with Gasteiger partial charge >= 0.3 is 0 Å². The predicted octanol–water partition coefficient (Wildman–Crippen LogP) is 2.08. The summed E-state index contributed by atoms with van der Waals surface area (Å²) in [5.74, 6) is 3.65. The molecule has 4 aliphatic carbocycles. The first-order valence-corrected chi connectivity index (χ1v) is 19.7. The molecular formula is C38H62O12. The lowest BCUT2D eigenvalue weighted by atomic mass is 9.44. The van der Waals surface area contributed by atoms with Crippen LogP contribution in [0.4, 0.5) is 0 Å². The molecule has 4 saturated carbocycles. The van der Waals surface area contributed by atoms with Crippen molar-refractivity contribution in [1.82, 2.24) is 0 Å². The lowest BCUT2D eigenvalue weighted by Gasteiger charge is -2.61. The van der Waals surface area contributed by atoms with Gasteiger partial charge in [0, 0.05) is 12.3 Å². The van der Waals surface area contributed by atoms with Crippen molar-refractivity contribution in [3.8, 4) is 0 Å². The average molecular weight is 711 g/mol. The lowest BCUT2D eigenvalue weighted by molar-refractivity contribution is -0.364. The van der Waals surface area contributed by atoms with E-state index in [2.05, 4.69) is 27.7 Å². The Labute approximate surface area is 296 Å². The SMILES string of the molecule is C[C@H]1CC[C@@]2(OC1)O[C@@H]1C[C@H]3[C@@H]4CC[C@H]5C[C@H](O[C@H]6O[C@H](CO)[C@@H](O)[C@@H](O)[C@@H]6O[C@@H]6OC[C@H](O)[C@H](O)[C@@H]6O)CC[C@@]5(C)[C@H]4CC[C@@]3(C)[C@@H]1[C@H]2C. The highest BCUT2D eigenvalue weighted by molar-refractivity contribution is 5.15. The predicted molar refractivity (Wildman–Crippen MR) is 177 cm³/mol. The number of aliphatic hydroxyl groups excluding tert-OH is 6. The number of aliphatic hydroxyl groups is 6. The van der Waals surface area contributed by atoms with Crippen molar-refractivity contribution in [2.45, 2.75) is 165 Å². The summed E-state index contributed by atoms with van der Waals surface area (Å²) in [7, 11) is 0. The molecule has 1 spiro atoms. The molecule has 12 heteroatoms. The van der Waals surface area contributed by atoms with Crippen molar-refractivity contribution >= 4 is 0 Å². The fourth-order valence-electron chi connectivity index (χ4n) is 12.9. The van der Waals surface area contributed by atoms with Gasteiger partial charge in [-0.25, -0.2) is 0 Å². The van der Waals surface area contributed by atoms with Crippen LogP contribution in [0.3, 0.4) is 0 Å². The van der Waals surface area contributed by atoms with Gasteiger partial charge in [0.05, 0.1) is 32.0 Å². The van der Waals surface area contributed by atoms with Gasteiger partial charge in [0.1, 0.15) is 42.7 Å². The summed E-state index contributed by atoms with van der Waals surface area (Å²) in [4.78, 5) is 0. The molecule has 4 heterocycles. The number of ether oxygens (including phenoxy) is 6. The van der Waals surface area contributed by atoms with E-state index in [-0.39, 0.29) is 35.4 Å². The van der Waals surface area contributed by atoms with E-state index in [9.17, 15) is 30.6 Å². The molecule has 0 amide bonds. The molecule has 21 atom stereocenters. The van der Waals surface area contributed by atoms with E-state index in [1.165, 1.54) is 25.7 Å². The first kappa shape index (κ1) is 36.5. The highest BCUT2D eigenvalue weighted by Crippen LogP contribution is 2.71. The highest BCUT2D eigenvalue weighted by Gasteiger charge is 2.69. The van der Waals surface area contributed by atoms with E-state index < -0.39 is 61.9 Å². The summed E-state index contributed by atoms with van der Waals surface area (Å²) in [5, 5.41) is 62.2. The number of hydrogen-bond donors (Lipinski definition) is 6. The van der Waals surface area contributed by atoms with E-state index in [1.807, 2.05) is 0 Å². The van der Waals surface area contributed by atoms with Gasteiger partial charge in [-0.1, -0.05) is 27.7 Å². The molecule has 0 aromatic carbocycles. The summed E-state index contributed by atoms with van der Waals surface area (Å²) in [6.07, 6.45) is -1.27. The molecule has 6 N–H and O–H groups in total. The molecule has 8 rings (SSSR count). The third-order valence-electron chi connectivity index (χ3n) is 15.8. The Kier molecular flexibility index (Phi) is 9.76. The maximum absolute atomic E-state index is 11.1. The Hall–Kier alpha value is -0.480. The molecule has 4 saturated heterocycles. The highest BCUT2D eigenvalue weighted by atomic mass is 16.8. The molecule has 8 aliphatic rings. The second-order valence-electron chi connectivity index (χ2n) is 18.3. The Morgan fingerprint density at radius 2 is 1.52 bits per heavy atom. The number of rotatable bonds is 5. The average Bonchev–Trinajstić information content (AvgIpc) is 3.54. The zero-order valence-corrected chi connectivity index (χ0v) is 30.2. The van der Waals surface area contributed by atoms with Gasteiger partial charge in [-0.2, -0.15) is 0 Å². The van der Waals surface area contributed by atoms with Gasteiger partial charge in [-0.15, -0.1) is 0 Å². The lowest BCUT2D eigenvalue weighted by Crippen LogP contribution is -2.63. The van der Waals surface area contributed by atoms with Crippen LogP contribution in [0, 0.1) is 52.3 Å². The number of fused-ring (bicyclic) bond motifs is 7. The largest absolute Gasteiger partial charge is 0.394 e. The van der Waals surface area contributed by atoms with Crippen molar-refractivity contribution in [2.75, 3.05) is 19.8 Å². The fraction of sp³-hybridized carbons (Fsp3) is 1.00. The summed E-state index contributed by atoms with van der Waals surface area (Å²) in [5.41, 5.74) is 0.470. The molecule has 0 bridgehead atoms. The van der Waals surface area contributed by atoms with Crippen molar-refractivity contribution in [3.05, 3.63) is 0 Å². The van der Waals surface area contributed by atoms with E-state index in [0.29, 0.717) is 41.4 Å². The third kappa shape index (κ3) is 5.68. The smallest absolute Gasteiger partial charge is 0.187 e. The first-order chi connectivity index (χ1) is 23.8. The van der Waals surface area contributed by atoms with Gasteiger partial charge in [-0.05, 0) is 104 Å². The van der Waals surface area contributed by atoms with Gasteiger partial charge < -0.3 is 59.1 Å². The Bertz CT molecular complexity index is 1210. The normalized spacial score (nSPS) is 59.4. The summed E-state index contributed by atoms with van der Waals surface area (Å²) >= 11 is 0. The van der Waals surface area contributed by atoms with Crippen LogP contribution in [-0.2, 0) is 28.4 Å².